The van der Waals surface area contributed by atoms with Gasteiger partial charge in [-0.3, -0.25) is 4.79 Å². The van der Waals surface area contributed by atoms with Crippen LogP contribution in [-0.4, -0.2) is 57.7 Å². The summed E-state index contributed by atoms with van der Waals surface area (Å²) in [5.74, 6) is -0.251. The van der Waals surface area contributed by atoms with Crippen LogP contribution < -0.4 is 5.32 Å². The van der Waals surface area contributed by atoms with Crippen LogP contribution in [-0.2, 0) is 26.0 Å². The van der Waals surface area contributed by atoms with Gasteiger partial charge in [0.1, 0.15) is 0 Å². The first-order chi connectivity index (χ1) is 11.4. The molecule has 1 aliphatic rings. The van der Waals surface area contributed by atoms with Crippen molar-refractivity contribution >= 4 is 15.9 Å². The summed E-state index contributed by atoms with van der Waals surface area (Å²) in [5, 5.41) is 2.93. The molecule has 1 aromatic rings. The van der Waals surface area contributed by atoms with Crippen LogP contribution >= 0.6 is 0 Å². The Hall–Kier alpha value is -1.44. The van der Waals surface area contributed by atoms with Crippen molar-refractivity contribution in [1.29, 1.82) is 0 Å². The van der Waals surface area contributed by atoms with Crippen LogP contribution in [0.3, 0.4) is 0 Å². The summed E-state index contributed by atoms with van der Waals surface area (Å²) in [6.45, 7) is 0.736. The van der Waals surface area contributed by atoms with Crippen molar-refractivity contribution < 1.29 is 17.9 Å². The second kappa shape index (κ2) is 8.60. The Morgan fingerprint density at radius 2 is 1.96 bits per heavy atom. The lowest BCUT2D eigenvalue weighted by molar-refractivity contribution is -0.122. The van der Waals surface area contributed by atoms with Crippen molar-refractivity contribution in [2.75, 3.05) is 33.1 Å². The molecule has 0 aliphatic carbocycles. The van der Waals surface area contributed by atoms with E-state index < -0.39 is 10.0 Å². The van der Waals surface area contributed by atoms with Crippen LogP contribution in [0.25, 0.3) is 0 Å². The first-order valence-electron chi connectivity index (χ1n) is 8.20. The number of aryl methyl sites for hydroxylation is 1. The smallest absolute Gasteiger partial charge is 0.220 e. The zero-order valence-corrected chi connectivity index (χ0v) is 15.1. The van der Waals surface area contributed by atoms with Crippen molar-refractivity contribution in [3.8, 4) is 0 Å². The van der Waals surface area contributed by atoms with Crippen molar-refractivity contribution in [3.05, 3.63) is 35.9 Å². The standard InChI is InChI=1S/C17H26N2O4S/c1-19(2)24(21,22)13-15-11-23-12-16(15)18-17(20)10-6-9-14-7-4-3-5-8-14/h3-5,7-8,15-16H,6,9-13H2,1-2H3,(H,18,20)/t15-,16+/m0/s1. The van der Waals surface area contributed by atoms with E-state index in [1.54, 1.807) is 0 Å². The molecule has 0 aromatic heterocycles. The van der Waals surface area contributed by atoms with Gasteiger partial charge in [-0.2, -0.15) is 0 Å². The number of carbonyl (C=O) groups is 1. The molecule has 134 valence electrons. The molecular weight excluding hydrogens is 328 g/mol. The van der Waals surface area contributed by atoms with Crippen LogP contribution in [0.2, 0.25) is 0 Å². The molecular formula is C17H26N2O4S. The second-order valence-electron chi connectivity index (χ2n) is 6.37. The fraction of sp³-hybridized carbons (Fsp3) is 0.588. The molecule has 1 amide bonds. The summed E-state index contributed by atoms with van der Waals surface area (Å²) in [7, 11) is -0.269. The van der Waals surface area contributed by atoms with E-state index in [1.807, 2.05) is 30.3 Å². The number of carbonyl (C=O) groups excluding carboxylic acids is 1. The third kappa shape index (κ3) is 5.58. The van der Waals surface area contributed by atoms with E-state index in [0.29, 0.717) is 19.6 Å². The lowest BCUT2D eigenvalue weighted by atomic mass is 10.1. The predicted octanol–water partition coefficient (Wildman–Crippen LogP) is 1.03. The van der Waals surface area contributed by atoms with Crippen LogP contribution in [0.15, 0.2) is 30.3 Å². The zero-order valence-electron chi connectivity index (χ0n) is 14.3. The van der Waals surface area contributed by atoms with Gasteiger partial charge in [-0.25, -0.2) is 12.7 Å². The number of sulfonamides is 1. The highest BCUT2D eigenvalue weighted by atomic mass is 32.2. The SMILES string of the molecule is CN(C)S(=O)(=O)C[C@@H]1COC[C@H]1NC(=O)CCCc1ccccc1. The molecule has 1 aliphatic heterocycles. The molecule has 24 heavy (non-hydrogen) atoms. The fourth-order valence-corrected chi connectivity index (χ4v) is 3.89. The molecule has 2 atom stereocenters. The van der Waals surface area contributed by atoms with Gasteiger partial charge in [0.15, 0.2) is 0 Å². The van der Waals surface area contributed by atoms with E-state index in [2.05, 4.69) is 5.32 Å². The normalized spacial score (nSPS) is 21.1. The monoisotopic (exact) mass is 354 g/mol. The van der Waals surface area contributed by atoms with Gasteiger partial charge in [-0.1, -0.05) is 30.3 Å². The minimum absolute atomic E-state index is 0.00500. The number of ether oxygens (including phenoxy) is 1. The molecule has 1 fully saturated rings. The van der Waals surface area contributed by atoms with E-state index in [-0.39, 0.29) is 23.6 Å². The van der Waals surface area contributed by atoms with Crippen LogP contribution in [0.5, 0.6) is 0 Å². The Morgan fingerprint density at radius 1 is 1.25 bits per heavy atom. The summed E-state index contributed by atoms with van der Waals surface area (Å²) in [4.78, 5) is 12.1. The molecule has 2 rings (SSSR count). The average Bonchev–Trinajstić information content (AvgIpc) is 2.94. The van der Waals surface area contributed by atoms with Crippen LogP contribution in [0.4, 0.5) is 0 Å². The van der Waals surface area contributed by atoms with Crippen LogP contribution in [0, 0.1) is 5.92 Å². The van der Waals surface area contributed by atoms with Crippen LogP contribution in [0.1, 0.15) is 18.4 Å². The van der Waals surface area contributed by atoms with Gasteiger partial charge >= 0.3 is 0 Å². The maximum Gasteiger partial charge on any atom is 0.220 e. The van der Waals surface area contributed by atoms with Gasteiger partial charge in [0.05, 0.1) is 25.0 Å². The molecule has 0 unspecified atom stereocenters. The topological polar surface area (TPSA) is 75.7 Å². The molecule has 0 bridgehead atoms. The number of amides is 1. The summed E-state index contributed by atoms with van der Waals surface area (Å²) in [5.41, 5.74) is 1.21. The Labute approximate surface area is 144 Å². The number of rotatable bonds is 8. The summed E-state index contributed by atoms with van der Waals surface area (Å²) < 4.78 is 30.6. The highest BCUT2D eigenvalue weighted by Crippen LogP contribution is 2.17. The maximum absolute atomic E-state index is 12.1. The van der Waals surface area contributed by atoms with E-state index >= 15 is 0 Å². The zero-order chi connectivity index (χ0) is 17.6. The van der Waals surface area contributed by atoms with E-state index in [9.17, 15) is 13.2 Å². The molecule has 6 nitrogen and oxygen atoms in total. The molecule has 0 spiro atoms. The Kier molecular flexibility index (Phi) is 6.77. The van der Waals surface area contributed by atoms with Crippen molar-refractivity contribution in [2.45, 2.75) is 25.3 Å². The summed E-state index contributed by atoms with van der Waals surface area (Å²) in [6, 6.07) is 9.81. The van der Waals surface area contributed by atoms with Gasteiger partial charge < -0.3 is 10.1 Å². The Morgan fingerprint density at radius 3 is 2.62 bits per heavy atom. The van der Waals surface area contributed by atoms with Gasteiger partial charge in [0.2, 0.25) is 15.9 Å². The number of hydrogen-bond donors (Lipinski definition) is 1. The summed E-state index contributed by atoms with van der Waals surface area (Å²) in [6.07, 6.45) is 2.05. The van der Waals surface area contributed by atoms with Gasteiger partial charge in [-0.15, -0.1) is 0 Å². The third-order valence-corrected chi connectivity index (χ3v) is 6.20. The van der Waals surface area contributed by atoms with Crippen molar-refractivity contribution in [1.82, 2.24) is 9.62 Å². The van der Waals surface area contributed by atoms with Gasteiger partial charge in [-0.05, 0) is 18.4 Å². The molecule has 1 saturated heterocycles. The third-order valence-electron chi connectivity index (χ3n) is 4.24. The second-order valence-corrected chi connectivity index (χ2v) is 8.60. The number of benzene rings is 1. The molecule has 0 radical (unpaired) electrons. The van der Waals surface area contributed by atoms with Crippen molar-refractivity contribution in [3.63, 3.8) is 0 Å². The molecule has 1 heterocycles. The van der Waals surface area contributed by atoms with Crippen molar-refractivity contribution in [2.24, 2.45) is 5.92 Å². The highest BCUT2D eigenvalue weighted by Gasteiger charge is 2.33. The van der Waals surface area contributed by atoms with Gasteiger partial charge in [0, 0.05) is 26.4 Å². The largest absolute Gasteiger partial charge is 0.379 e. The number of hydrogen-bond acceptors (Lipinski definition) is 4. The number of nitrogens with one attached hydrogen (secondary N) is 1. The molecule has 1 aromatic carbocycles. The first kappa shape index (κ1) is 18.9. The van der Waals surface area contributed by atoms with E-state index in [4.69, 9.17) is 4.74 Å². The van der Waals surface area contributed by atoms with E-state index in [0.717, 1.165) is 12.8 Å². The fourth-order valence-electron chi connectivity index (χ4n) is 2.72. The maximum atomic E-state index is 12.1. The summed E-state index contributed by atoms with van der Waals surface area (Å²) >= 11 is 0. The lowest BCUT2D eigenvalue weighted by Crippen LogP contribution is -2.43. The predicted molar refractivity (Wildman–Crippen MR) is 93.1 cm³/mol. The van der Waals surface area contributed by atoms with E-state index in [1.165, 1.54) is 24.0 Å². The minimum atomic E-state index is -3.30. The molecule has 0 saturated carbocycles. The first-order valence-corrected chi connectivity index (χ1v) is 9.80. The lowest BCUT2D eigenvalue weighted by Gasteiger charge is -2.21. The Balaban J connectivity index is 1.78. The Bertz CT molecular complexity index is 631. The minimum Gasteiger partial charge on any atom is -0.379 e. The van der Waals surface area contributed by atoms with Gasteiger partial charge in [0.25, 0.3) is 0 Å². The number of nitrogens with zero attached hydrogens (tertiary/aromatic N) is 1. The highest BCUT2D eigenvalue weighted by molar-refractivity contribution is 7.89. The molecule has 7 heteroatoms. The molecule has 1 N–H and O–H groups in total. The quantitative estimate of drug-likeness (QED) is 0.757. The average molecular weight is 354 g/mol.